The van der Waals surface area contributed by atoms with Crippen LogP contribution in [-0.2, 0) is 13.0 Å². The number of aryl methyl sites for hydroxylation is 1. The van der Waals surface area contributed by atoms with Gasteiger partial charge >= 0.3 is 0 Å². The first-order chi connectivity index (χ1) is 20.6. The van der Waals surface area contributed by atoms with Gasteiger partial charge in [0.25, 0.3) is 5.56 Å². The molecule has 0 saturated heterocycles. The molecular formula is C34H30N2O4S2. The normalized spacial score (nSPS) is 12.7. The summed E-state index contributed by atoms with van der Waals surface area (Å²) < 4.78 is 18.6. The second-order valence-electron chi connectivity index (χ2n) is 9.79. The molecule has 2 aromatic heterocycles. The maximum Gasteiger partial charge on any atom is 0.263 e. The topological polar surface area (TPSA) is 62.6 Å². The van der Waals surface area contributed by atoms with E-state index in [0.29, 0.717) is 40.6 Å². The van der Waals surface area contributed by atoms with Crippen LogP contribution in [0.25, 0.3) is 26.5 Å². The molecule has 0 saturated carbocycles. The second kappa shape index (κ2) is 11.9. The van der Waals surface area contributed by atoms with Gasteiger partial charge in [0.2, 0.25) is 5.75 Å². The van der Waals surface area contributed by atoms with E-state index in [1.54, 1.807) is 49.0 Å². The van der Waals surface area contributed by atoms with Gasteiger partial charge in [0.1, 0.15) is 10.7 Å². The number of hydrogen-bond donors (Lipinski definition) is 0. The van der Waals surface area contributed by atoms with Gasteiger partial charge in [-0.15, -0.1) is 11.3 Å². The van der Waals surface area contributed by atoms with Crippen molar-refractivity contribution in [1.82, 2.24) is 9.55 Å². The predicted octanol–water partition coefficient (Wildman–Crippen LogP) is 7.83. The van der Waals surface area contributed by atoms with Crippen LogP contribution < -0.4 is 19.8 Å². The molecule has 212 valence electrons. The highest BCUT2D eigenvalue weighted by Gasteiger charge is 2.28. The molecule has 1 aliphatic carbocycles. The van der Waals surface area contributed by atoms with Crippen LogP contribution in [0.15, 0.2) is 101 Å². The monoisotopic (exact) mass is 594 g/mol. The van der Waals surface area contributed by atoms with Crippen LogP contribution in [0, 0.1) is 0 Å². The van der Waals surface area contributed by atoms with Crippen LogP contribution in [0.2, 0.25) is 0 Å². The Labute approximate surface area is 252 Å². The summed E-state index contributed by atoms with van der Waals surface area (Å²) in [6.45, 7) is 4.47. The molecule has 1 aliphatic rings. The highest BCUT2D eigenvalue weighted by molar-refractivity contribution is 8.08. The number of thiophene rings is 1. The number of ether oxygens (including phenoxy) is 3. The summed E-state index contributed by atoms with van der Waals surface area (Å²) in [7, 11) is 4.73. The van der Waals surface area contributed by atoms with Crippen molar-refractivity contribution in [2.75, 3.05) is 21.3 Å². The first-order valence-electron chi connectivity index (χ1n) is 13.6. The van der Waals surface area contributed by atoms with Crippen molar-refractivity contribution in [1.29, 1.82) is 0 Å². The van der Waals surface area contributed by atoms with E-state index < -0.39 is 0 Å². The zero-order chi connectivity index (χ0) is 29.2. The molecule has 3 aromatic carbocycles. The molecule has 0 radical (unpaired) electrons. The van der Waals surface area contributed by atoms with Crippen molar-refractivity contribution >= 4 is 38.2 Å². The minimum atomic E-state index is -0.0591. The molecule has 0 atom stereocenters. The lowest BCUT2D eigenvalue weighted by Crippen LogP contribution is -2.24. The lowest BCUT2D eigenvalue weighted by atomic mass is 9.96. The summed E-state index contributed by atoms with van der Waals surface area (Å²) in [5.74, 6) is 2.02. The standard InChI is InChI=1S/C34H30N2O4S2/c1-5-22-16-17-25-28-33(42-31(25)30(22)41-24-14-10-7-11-15-24)35-32(36(34(28)37)20-21-12-8-6-9-13-21)23-18-26(38-2)29(40-4)27(19-23)39-3/h5-15,18-19H,1,16-17,20H2,2-4H3. The lowest BCUT2D eigenvalue weighted by molar-refractivity contribution is 0.324. The van der Waals surface area contributed by atoms with E-state index in [4.69, 9.17) is 19.2 Å². The Kier molecular flexibility index (Phi) is 7.91. The fourth-order valence-electron chi connectivity index (χ4n) is 5.34. The minimum Gasteiger partial charge on any atom is -0.493 e. The van der Waals surface area contributed by atoms with Crippen LogP contribution in [0.3, 0.4) is 0 Å². The smallest absolute Gasteiger partial charge is 0.263 e. The average Bonchev–Trinajstić information content (AvgIpc) is 3.42. The lowest BCUT2D eigenvalue weighted by Gasteiger charge is -2.19. The zero-order valence-electron chi connectivity index (χ0n) is 23.7. The van der Waals surface area contributed by atoms with Gasteiger partial charge < -0.3 is 14.2 Å². The van der Waals surface area contributed by atoms with E-state index in [2.05, 4.69) is 18.7 Å². The van der Waals surface area contributed by atoms with Gasteiger partial charge in [-0.05, 0) is 53.8 Å². The first-order valence-corrected chi connectivity index (χ1v) is 15.2. The van der Waals surface area contributed by atoms with E-state index in [-0.39, 0.29) is 5.56 Å². The van der Waals surface area contributed by atoms with Crippen LogP contribution >= 0.6 is 23.1 Å². The molecule has 42 heavy (non-hydrogen) atoms. The van der Waals surface area contributed by atoms with Crippen LogP contribution in [0.1, 0.15) is 22.4 Å². The van der Waals surface area contributed by atoms with Gasteiger partial charge in [-0.1, -0.05) is 72.9 Å². The zero-order valence-corrected chi connectivity index (χ0v) is 25.3. The van der Waals surface area contributed by atoms with Crippen molar-refractivity contribution in [2.45, 2.75) is 24.3 Å². The number of benzene rings is 3. The quantitative estimate of drug-likeness (QED) is 0.173. The average molecular weight is 595 g/mol. The maximum absolute atomic E-state index is 14.5. The Morgan fingerprint density at radius 1 is 0.952 bits per heavy atom. The first kappa shape index (κ1) is 27.9. The van der Waals surface area contributed by atoms with Crippen molar-refractivity contribution < 1.29 is 14.2 Å². The minimum absolute atomic E-state index is 0.0591. The predicted molar refractivity (Wildman–Crippen MR) is 172 cm³/mol. The highest BCUT2D eigenvalue weighted by Crippen LogP contribution is 2.48. The molecule has 0 spiro atoms. The molecule has 0 bridgehead atoms. The fraction of sp³-hybridized carbons (Fsp3) is 0.176. The number of fused-ring (bicyclic) bond motifs is 3. The van der Waals surface area contributed by atoms with Gasteiger partial charge in [0.15, 0.2) is 11.5 Å². The number of hydrogen-bond acceptors (Lipinski definition) is 7. The highest BCUT2D eigenvalue weighted by atomic mass is 32.2. The molecule has 2 heterocycles. The van der Waals surface area contributed by atoms with Gasteiger partial charge in [-0.2, -0.15) is 0 Å². The summed E-state index contributed by atoms with van der Waals surface area (Å²) in [6.07, 6.45) is 3.53. The van der Waals surface area contributed by atoms with E-state index in [0.717, 1.165) is 43.5 Å². The Morgan fingerprint density at radius 3 is 2.24 bits per heavy atom. The number of allylic oxidation sites excluding steroid dienone is 2. The van der Waals surface area contributed by atoms with E-state index in [9.17, 15) is 4.79 Å². The van der Waals surface area contributed by atoms with Crippen molar-refractivity contribution in [2.24, 2.45) is 0 Å². The number of rotatable bonds is 9. The van der Waals surface area contributed by atoms with Gasteiger partial charge in [0, 0.05) is 20.2 Å². The number of nitrogens with zero attached hydrogens (tertiary/aromatic N) is 2. The SMILES string of the molecule is C=CC1=C(Sc2ccccc2)c2sc3nc(-c4cc(OC)c(OC)c(OC)c4)n(Cc4ccccc4)c(=O)c3c2CC1. The molecule has 0 N–H and O–H groups in total. The van der Waals surface area contributed by atoms with Crippen molar-refractivity contribution in [3.63, 3.8) is 0 Å². The van der Waals surface area contributed by atoms with Crippen molar-refractivity contribution in [3.05, 3.63) is 117 Å². The van der Waals surface area contributed by atoms with Gasteiger partial charge in [-0.25, -0.2) is 4.98 Å². The molecule has 6 nitrogen and oxygen atoms in total. The van der Waals surface area contributed by atoms with E-state index in [1.807, 2.05) is 66.7 Å². The van der Waals surface area contributed by atoms with Gasteiger partial charge in [-0.3, -0.25) is 9.36 Å². The molecular weight excluding hydrogens is 565 g/mol. The molecule has 0 aliphatic heterocycles. The third-order valence-corrected chi connectivity index (χ3v) is 9.82. The number of aromatic nitrogens is 2. The van der Waals surface area contributed by atoms with Crippen LogP contribution in [0.4, 0.5) is 0 Å². The van der Waals surface area contributed by atoms with Crippen LogP contribution in [-0.4, -0.2) is 30.9 Å². The summed E-state index contributed by atoms with van der Waals surface area (Å²) in [5.41, 5.74) is 3.91. The fourth-order valence-corrected chi connectivity index (χ4v) is 7.84. The molecule has 0 amide bonds. The summed E-state index contributed by atoms with van der Waals surface area (Å²) in [6, 6.07) is 24.0. The number of thioether (sulfide) groups is 1. The van der Waals surface area contributed by atoms with E-state index >= 15 is 0 Å². The summed E-state index contributed by atoms with van der Waals surface area (Å²) in [5, 5.41) is 0.691. The van der Waals surface area contributed by atoms with Crippen molar-refractivity contribution in [3.8, 4) is 28.6 Å². The maximum atomic E-state index is 14.5. The molecule has 8 heteroatoms. The molecule has 5 aromatic rings. The summed E-state index contributed by atoms with van der Waals surface area (Å²) >= 11 is 3.29. The Hall–Kier alpha value is -4.27. The van der Waals surface area contributed by atoms with Gasteiger partial charge in [0.05, 0.1) is 33.3 Å². The largest absolute Gasteiger partial charge is 0.493 e. The summed E-state index contributed by atoms with van der Waals surface area (Å²) in [4.78, 5) is 23.8. The Morgan fingerprint density at radius 2 is 1.62 bits per heavy atom. The third-order valence-electron chi connectivity index (χ3n) is 7.37. The van der Waals surface area contributed by atoms with Crippen LogP contribution in [0.5, 0.6) is 17.2 Å². The Bertz CT molecular complexity index is 1850. The number of methoxy groups -OCH3 is 3. The third kappa shape index (κ3) is 5.01. The van der Waals surface area contributed by atoms with E-state index in [1.165, 1.54) is 5.57 Å². The molecule has 0 fully saturated rings. The molecule has 0 unspecified atom stereocenters. The molecule has 6 rings (SSSR count). The Balaban J connectivity index is 1.60. The second-order valence-corrected chi connectivity index (χ2v) is 11.9.